The summed E-state index contributed by atoms with van der Waals surface area (Å²) < 4.78 is 16.9. The van der Waals surface area contributed by atoms with Crippen molar-refractivity contribution in [2.75, 3.05) is 32.9 Å². The molecule has 1 atom stereocenters. The van der Waals surface area contributed by atoms with Crippen molar-refractivity contribution < 1.29 is 14.2 Å². The number of rotatable bonds is 6. The summed E-state index contributed by atoms with van der Waals surface area (Å²) in [5, 5.41) is 0. The first kappa shape index (κ1) is 13.9. The summed E-state index contributed by atoms with van der Waals surface area (Å²) in [4.78, 5) is 2.51. The van der Waals surface area contributed by atoms with E-state index in [1.54, 1.807) is 0 Å². The van der Waals surface area contributed by atoms with Crippen LogP contribution in [-0.2, 0) is 9.47 Å². The number of hydrogen-bond donors (Lipinski definition) is 0. The summed E-state index contributed by atoms with van der Waals surface area (Å²) in [5.74, 6) is 0.960. The van der Waals surface area contributed by atoms with Gasteiger partial charge in [-0.15, -0.1) is 0 Å². The van der Waals surface area contributed by atoms with Crippen LogP contribution in [0.3, 0.4) is 0 Å². The lowest BCUT2D eigenvalue weighted by Gasteiger charge is -2.25. The highest BCUT2D eigenvalue weighted by atomic mass is 16.7. The van der Waals surface area contributed by atoms with Crippen molar-refractivity contribution in [2.24, 2.45) is 0 Å². The second-order valence-corrected chi connectivity index (χ2v) is 5.42. The van der Waals surface area contributed by atoms with Gasteiger partial charge in [-0.1, -0.05) is 18.2 Å². The minimum absolute atomic E-state index is 0.00583. The van der Waals surface area contributed by atoms with Gasteiger partial charge in [0.1, 0.15) is 12.4 Å². The summed E-state index contributed by atoms with van der Waals surface area (Å²) in [6.07, 6.45) is 3.45. The molecule has 2 saturated heterocycles. The van der Waals surface area contributed by atoms with Crippen LogP contribution in [0.15, 0.2) is 30.3 Å². The lowest BCUT2D eigenvalue weighted by Crippen LogP contribution is -2.36. The van der Waals surface area contributed by atoms with Crippen LogP contribution in [-0.4, -0.2) is 50.1 Å². The number of ether oxygens (including phenoxy) is 3. The van der Waals surface area contributed by atoms with E-state index in [1.165, 1.54) is 12.8 Å². The molecular weight excluding hydrogens is 254 g/mol. The predicted molar refractivity (Wildman–Crippen MR) is 76.8 cm³/mol. The minimum Gasteiger partial charge on any atom is -0.492 e. The van der Waals surface area contributed by atoms with Crippen molar-refractivity contribution in [1.29, 1.82) is 0 Å². The molecule has 0 unspecified atom stereocenters. The summed E-state index contributed by atoms with van der Waals surface area (Å²) >= 11 is 0. The number of nitrogens with zero attached hydrogens (tertiary/aromatic N) is 1. The third-order valence-corrected chi connectivity index (χ3v) is 4.03. The van der Waals surface area contributed by atoms with Crippen LogP contribution in [0.25, 0.3) is 0 Å². The van der Waals surface area contributed by atoms with Crippen LogP contribution >= 0.6 is 0 Å². The molecule has 2 aliphatic rings. The van der Waals surface area contributed by atoms with Gasteiger partial charge in [-0.2, -0.15) is 0 Å². The SMILES string of the molecule is c1ccc(OC[C@H]2CCCN2CCC2OCCO2)cc1. The monoisotopic (exact) mass is 277 g/mol. The molecule has 1 aromatic carbocycles. The zero-order valence-corrected chi connectivity index (χ0v) is 11.9. The molecule has 2 heterocycles. The quantitative estimate of drug-likeness (QED) is 0.798. The summed E-state index contributed by atoms with van der Waals surface area (Å²) in [6, 6.07) is 10.6. The Bertz CT molecular complexity index is 392. The topological polar surface area (TPSA) is 30.9 Å². The second kappa shape index (κ2) is 7.07. The molecule has 0 amide bonds. The molecule has 2 fully saturated rings. The molecule has 0 saturated carbocycles. The largest absolute Gasteiger partial charge is 0.492 e. The van der Waals surface area contributed by atoms with E-state index in [1.807, 2.05) is 30.3 Å². The van der Waals surface area contributed by atoms with Crippen molar-refractivity contribution in [1.82, 2.24) is 4.90 Å². The van der Waals surface area contributed by atoms with Gasteiger partial charge >= 0.3 is 0 Å². The first-order valence-electron chi connectivity index (χ1n) is 7.57. The lowest BCUT2D eigenvalue weighted by molar-refractivity contribution is -0.0526. The molecule has 4 heteroatoms. The van der Waals surface area contributed by atoms with Gasteiger partial charge in [-0.3, -0.25) is 4.90 Å². The Kier molecular flexibility index (Phi) is 4.90. The van der Waals surface area contributed by atoms with Gasteiger partial charge in [0.05, 0.1) is 13.2 Å². The molecule has 0 aromatic heterocycles. The van der Waals surface area contributed by atoms with Gasteiger partial charge in [-0.05, 0) is 31.5 Å². The standard InChI is InChI=1S/C16H23NO3/c1-2-6-15(7-3-1)20-13-14-5-4-9-17(14)10-8-16-18-11-12-19-16/h1-3,6-7,14,16H,4-5,8-13H2/t14-/m1/s1. The van der Waals surface area contributed by atoms with E-state index < -0.39 is 0 Å². The second-order valence-electron chi connectivity index (χ2n) is 5.42. The van der Waals surface area contributed by atoms with E-state index >= 15 is 0 Å². The molecular formula is C16H23NO3. The fraction of sp³-hybridized carbons (Fsp3) is 0.625. The van der Waals surface area contributed by atoms with Crippen LogP contribution < -0.4 is 4.74 Å². The van der Waals surface area contributed by atoms with Crippen molar-refractivity contribution in [3.8, 4) is 5.75 Å². The Morgan fingerprint density at radius 3 is 2.75 bits per heavy atom. The highest BCUT2D eigenvalue weighted by molar-refractivity contribution is 5.20. The average molecular weight is 277 g/mol. The highest BCUT2D eigenvalue weighted by Gasteiger charge is 2.26. The van der Waals surface area contributed by atoms with Crippen LogP contribution in [0.4, 0.5) is 0 Å². The molecule has 4 nitrogen and oxygen atoms in total. The molecule has 0 aliphatic carbocycles. The van der Waals surface area contributed by atoms with Crippen LogP contribution in [0.5, 0.6) is 5.75 Å². The van der Waals surface area contributed by atoms with E-state index in [9.17, 15) is 0 Å². The fourth-order valence-electron chi connectivity index (χ4n) is 2.93. The van der Waals surface area contributed by atoms with E-state index in [0.717, 1.165) is 45.1 Å². The van der Waals surface area contributed by atoms with Crippen LogP contribution in [0, 0.1) is 0 Å². The van der Waals surface area contributed by atoms with Crippen molar-refractivity contribution in [3.05, 3.63) is 30.3 Å². The highest BCUT2D eigenvalue weighted by Crippen LogP contribution is 2.20. The maximum absolute atomic E-state index is 5.89. The Morgan fingerprint density at radius 1 is 1.15 bits per heavy atom. The van der Waals surface area contributed by atoms with Gasteiger partial charge < -0.3 is 14.2 Å². The molecule has 1 aromatic rings. The van der Waals surface area contributed by atoms with Crippen molar-refractivity contribution >= 4 is 0 Å². The number of benzene rings is 1. The molecule has 110 valence electrons. The van der Waals surface area contributed by atoms with Gasteiger partial charge in [0.15, 0.2) is 6.29 Å². The summed E-state index contributed by atoms with van der Waals surface area (Å²) in [6.45, 7) is 4.45. The number of hydrogen-bond acceptors (Lipinski definition) is 4. The van der Waals surface area contributed by atoms with Gasteiger partial charge in [-0.25, -0.2) is 0 Å². The van der Waals surface area contributed by atoms with E-state index in [0.29, 0.717) is 6.04 Å². The lowest BCUT2D eigenvalue weighted by atomic mass is 10.2. The van der Waals surface area contributed by atoms with Crippen molar-refractivity contribution in [3.63, 3.8) is 0 Å². The van der Waals surface area contributed by atoms with E-state index in [2.05, 4.69) is 4.90 Å². The summed E-state index contributed by atoms with van der Waals surface area (Å²) in [7, 11) is 0. The summed E-state index contributed by atoms with van der Waals surface area (Å²) in [5.41, 5.74) is 0. The van der Waals surface area contributed by atoms with Gasteiger partial charge in [0.25, 0.3) is 0 Å². The number of likely N-dealkylation sites (tertiary alicyclic amines) is 1. The average Bonchev–Trinajstić information content (AvgIpc) is 3.15. The zero-order valence-electron chi connectivity index (χ0n) is 11.9. The Balaban J connectivity index is 1.43. The third kappa shape index (κ3) is 3.72. The fourth-order valence-corrected chi connectivity index (χ4v) is 2.93. The molecule has 0 radical (unpaired) electrons. The molecule has 0 N–H and O–H groups in total. The first-order chi connectivity index (χ1) is 9.92. The smallest absolute Gasteiger partial charge is 0.159 e. The predicted octanol–water partition coefficient (Wildman–Crippen LogP) is 2.29. The van der Waals surface area contributed by atoms with E-state index in [4.69, 9.17) is 14.2 Å². The number of para-hydroxylation sites is 1. The van der Waals surface area contributed by atoms with Crippen molar-refractivity contribution in [2.45, 2.75) is 31.6 Å². The molecule has 20 heavy (non-hydrogen) atoms. The molecule has 2 aliphatic heterocycles. The van der Waals surface area contributed by atoms with Gasteiger partial charge in [0, 0.05) is 19.0 Å². The molecule has 0 bridgehead atoms. The van der Waals surface area contributed by atoms with Gasteiger partial charge in [0.2, 0.25) is 0 Å². The Hall–Kier alpha value is -1.10. The minimum atomic E-state index is 0.00583. The maximum atomic E-state index is 5.89. The first-order valence-corrected chi connectivity index (χ1v) is 7.57. The van der Waals surface area contributed by atoms with Crippen LogP contribution in [0.1, 0.15) is 19.3 Å². The molecule has 0 spiro atoms. The molecule has 3 rings (SSSR count). The third-order valence-electron chi connectivity index (χ3n) is 4.03. The normalized spacial score (nSPS) is 24.3. The zero-order chi connectivity index (χ0) is 13.6. The van der Waals surface area contributed by atoms with E-state index in [-0.39, 0.29) is 6.29 Å². The maximum Gasteiger partial charge on any atom is 0.159 e. The Labute approximate surface area is 120 Å². The Morgan fingerprint density at radius 2 is 1.95 bits per heavy atom. The van der Waals surface area contributed by atoms with Crippen LogP contribution in [0.2, 0.25) is 0 Å².